The topological polar surface area (TPSA) is 92.5 Å². The maximum Gasteiger partial charge on any atom is 0.292 e. The van der Waals surface area contributed by atoms with Crippen LogP contribution >= 0.6 is 11.3 Å². The Hall–Kier alpha value is -1.71. The summed E-state index contributed by atoms with van der Waals surface area (Å²) in [5.74, 6) is 0.358. The zero-order chi connectivity index (χ0) is 18.9. The number of hydrogen-bond donors (Lipinski definition) is 1. The Kier molecular flexibility index (Phi) is 5.34. The number of aryl methyl sites for hydroxylation is 1. The number of carbonyl (C=O) groups is 1. The van der Waals surface area contributed by atoms with Crippen molar-refractivity contribution in [3.8, 4) is 0 Å². The van der Waals surface area contributed by atoms with Crippen LogP contribution in [0.4, 0.5) is 0 Å². The molecule has 0 bridgehead atoms. The number of fused-ring (bicyclic) bond motifs is 1. The summed E-state index contributed by atoms with van der Waals surface area (Å²) in [5.41, 5.74) is 1.88. The third-order valence-corrected chi connectivity index (χ3v) is 8.10. The summed E-state index contributed by atoms with van der Waals surface area (Å²) in [6, 6.07) is 3.31. The molecular weight excluding hydrogens is 386 g/mol. The number of sulfonamides is 1. The molecule has 4 rings (SSSR count). The van der Waals surface area contributed by atoms with Gasteiger partial charge in [-0.3, -0.25) is 4.79 Å². The number of aromatic nitrogens is 1. The average Bonchev–Trinajstić information content (AvgIpc) is 3.36. The van der Waals surface area contributed by atoms with Gasteiger partial charge in [0, 0.05) is 25.2 Å². The Bertz CT molecular complexity index is 905. The van der Waals surface area contributed by atoms with Crippen LogP contribution in [0.2, 0.25) is 0 Å². The first-order chi connectivity index (χ1) is 13.0. The van der Waals surface area contributed by atoms with Gasteiger partial charge in [0.15, 0.2) is 0 Å². The highest BCUT2D eigenvalue weighted by Crippen LogP contribution is 2.26. The van der Waals surface area contributed by atoms with Crippen molar-refractivity contribution in [1.82, 2.24) is 14.8 Å². The van der Waals surface area contributed by atoms with Crippen molar-refractivity contribution in [3.63, 3.8) is 0 Å². The molecule has 146 valence electrons. The maximum absolute atomic E-state index is 12.9. The standard InChI is InChI=1S/C18H23N3O4S2/c22-18(17-14-6-1-2-7-15(14)20-25-17)21-9-3-5-13(12-21)11-19-27(23,24)16-8-4-10-26-16/h4,8,10,13,19H,1-3,5-7,9,11-12H2. The smallest absolute Gasteiger partial charge is 0.292 e. The van der Waals surface area contributed by atoms with Crippen LogP contribution in [0.15, 0.2) is 26.2 Å². The number of nitrogens with zero attached hydrogens (tertiary/aromatic N) is 2. The highest BCUT2D eigenvalue weighted by molar-refractivity contribution is 7.91. The molecular formula is C18H23N3O4S2. The number of likely N-dealkylation sites (tertiary alicyclic amines) is 1. The minimum Gasteiger partial charge on any atom is -0.350 e. The van der Waals surface area contributed by atoms with Gasteiger partial charge in [-0.25, -0.2) is 13.1 Å². The molecule has 1 fully saturated rings. The van der Waals surface area contributed by atoms with E-state index in [2.05, 4.69) is 9.88 Å². The molecule has 7 nitrogen and oxygen atoms in total. The maximum atomic E-state index is 12.9. The number of amides is 1. The van der Waals surface area contributed by atoms with Gasteiger partial charge in [0.1, 0.15) is 4.21 Å². The molecule has 0 aromatic carbocycles. The van der Waals surface area contributed by atoms with Gasteiger partial charge in [-0.1, -0.05) is 11.2 Å². The minimum absolute atomic E-state index is 0.0937. The third-order valence-electron chi connectivity index (χ3n) is 5.28. The number of piperidine rings is 1. The van der Waals surface area contributed by atoms with Crippen LogP contribution in [0.25, 0.3) is 0 Å². The van der Waals surface area contributed by atoms with Crippen molar-refractivity contribution in [2.75, 3.05) is 19.6 Å². The van der Waals surface area contributed by atoms with Crippen molar-refractivity contribution in [1.29, 1.82) is 0 Å². The van der Waals surface area contributed by atoms with Gasteiger partial charge in [0.25, 0.3) is 5.91 Å². The highest BCUT2D eigenvalue weighted by Gasteiger charge is 2.31. The third kappa shape index (κ3) is 3.95. The molecule has 2 aromatic heterocycles. The lowest BCUT2D eigenvalue weighted by Gasteiger charge is -2.32. The summed E-state index contributed by atoms with van der Waals surface area (Å²) < 4.78 is 33.0. The molecule has 9 heteroatoms. The van der Waals surface area contributed by atoms with Crippen LogP contribution in [0.3, 0.4) is 0 Å². The van der Waals surface area contributed by atoms with Gasteiger partial charge in [0.2, 0.25) is 15.8 Å². The lowest BCUT2D eigenvalue weighted by atomic mass is 9.94. The van der Waals surface area contributed by atoms with Crippen LogP contribution in [-0.4, -0.2) is 44.0 Å². The molecule has 1 unspecified atom stereocenters. The lowest BCUT2D eigenvalue weighted by molar-refractivity contribution is 0.0633. The second-order valence-corrected chi connectivity index (χ2v) is 10.1. The molecule has 27 heavy (non-hydrogen) atoms. The van der Waals surface area contributed by atoms with Gasteiger partial charge in [-0.2, -0.15) is 0 Å². The summed E-state index contributed by atoms with van der Waals surface area (Å²) in [6.07, 6.45) is 5.61. The van der Waals surface area contributed by atoms with E-state index >= 15 is 0 Å². The zero-order valence-corrected chi connectivity index (χ0v) is 16.7. The summed E-state index contributed by atoms with van der Waals surface area (Å²) >= 11 is 1.20. The van der Waals surface area contributed by atoms with E-state index in [1.165, 1.54) is 11.3 Å². The Balaban J connectivity index is 1.39. The Morgan fingerprint density at radius 3 is 3.00 bits per heavy atom. The molecule has 1 aliphatic heterocycles. The van der Waals surface area contributed by atoms with Gasteiger partial charge >= 0.3 is 0 Å². The van der Waals surface area contributed by atoms with Crippen LogP contribution in [-0.2, 0) is 22.9 Å². The first-order valence-electron chi connectivity index (χ1n) is 9.34. The quantitative estimate of drug-likeness (QED) is 0.819. The van der Waals surface area contributed by atoms with Crippen molar-refractivity contribution in [2.24, 2.45) is 5.92 Å². The SMILES string of the molecule is O=C(c1onc2c1CCCC2)N1CCCC(CNS(=O)(=O)c2cccs2)C1. The molecule has 3 heterocycles. The molecule has 1 N–H and O–H groups in total. The Morgan fingerprint density at radius 2 is 2.19 bits per heavy atom. The number of thiophene rings is 1. The highest BCUT2D eigenvalue weighted by atomic mass is 32.2. The fourth-order valence-corrected chi connectivity index (χ4v) is 5.99. The van der Waals surface area contributed by atoms with Crippen LogP contribution in [0, 0.1) is 5.92 Å². The molecule has 1 saturated heterocycles. The predicted molar refractivity (Wildman–Crippen MR) is 101 cm³/mol. The van der Waals surface area contributed by atoms with E-state index in [1.54, 1.807) is 22.4 Å². The molecule has 0 saturated carbocycles. The molecule has 2 aromatic rings. The number of carbonyl (C=O) groups excluding carboxylic acids is 1. The van der Waals surface area contributed by atoms with E-state index in [4.69, 9.17) is 4.52 Å². The summed E-state index contributed by atoms with van der Waals surface area (Å²) in [6.45, 7) is 1.53. The van der Waals surface area contributed by atoms with E-state index in [9.17, 15) is 13.2 Å². The monoisotopic (exact) mass is 409 g/mol. The van der Waals surface area contributed by atoms with Crippen molar-refractivity contribution < 1.29 is 17.7 Å². The molecule has 0 radical (unpaired) electrons. The first-order valence-corrected chi connectivity index (χ1v) is 11.7. The van der Waals surface area contributed by atoms with E-state index in [1.807, 2.05) is 0 Å². The Morgan fingerprint density at radius 1 is 1.33 bits per heavy atom. The van der Waals surface area contributed by atoms with Gasteiger partial charge in [-0.05, 0) is 55.9 Å². The molecule has 2 aliphatic rings. The normalized spacial score (nSPS) is 20.4. The molecule has 0 spiro atoms. The van der Waals surface area contributed by atoms with Crippen LogP contribution in [0.1, 0.15) is 47.5 Å². The van der Waals surface area contributed by atoms with E-state index in [-0.39, 0.29) is 11.8 Å². The lowest BCUT2D eigenvalue weighted by Crippen LogP contribution is -2.43. The predicted octanol–water partition coefficient (Wildman–Crippen LogP) is 2.45. The van der Waals surface area contributed by atoms with Crippen molar-refractivity contribution >= 4 is 27.3 Å². The van der Waals surface area contributed by atoms with E-state index in [0.717, 1.165) is 49.8 Å². The van der Waals surface area contributed by atoms with E-state index < -0.39 is 10.0 Å². The second kappa shape index (κ2) is 7.73. The number of hydrogen-bond acceptors (Lipinski definition) is 6. The largest absolute Gasteiger partial charge is 0.350 e. The van der Waals surface area contributed by atoms with Crippen molar-refractivity contribution in [3.05, 3.63) is 34.5 Å². The Labute approximate surface area is 162 Å². The minimum atomic E-state index is -3.47. The zero-order valence-electron chi connectivity index (χ0n) is 15.0. The van der Waals surface area contributed by atoms with Gasteiger partial charge in [-0.15, -0.1) is 11.3 Å². The van der Waals surface area contributed by atoms with Crippen LogP contribution < -0.4 is 4.72 Å². The molecule has 1 atom stereocenters. The second-order valence-electron chi connectivity index (χ2n) is 7.19. The summed E-state index contributed by atoms with van der Waals surface area (Å²) in [5, 5.41) is 5.82. The van der Waals surface area contributed by atoms with Crippen molar-refractivity contribution in [2.45, 2.75) is 42.7 Å². The van der Waals surface area contributed by atoms with E-state index in [0.29, 0.717) is 29.6 Å². The number of rotatable bonds is 5. The van der Waals surface area contributed by atoms with Gasteiger partial charge in [0.05, 0.1) is 5.69 Å². The van der Waals surface area contributed by atoms with Gasteiger partial charge < -0.3 is 9.42 Å². The summed E-state index contributed by atoms with van der Waals surface area (Å²) in [7, 11) is -3.47. The number of nitrogens with one attached hydrogen (secondary N) is 1. The summed E-state index contributed by atoms with van der Waals surface area (Å²) in [4.78, 5) is 14.7. The molecule has 1 amide bonds. The molecule has 1 aliphatic carbocycles. The first kappa shape index (κ1) is 18.6. The van der Waals surface area contributed by atoms with Crippen LogP contribution in [0.5, 0.6) is 0 Å². The fourth-order valence-electron chi connectivity index (χ4n) is 3.83. The average molecular weight is 410 g/mol. The fraction of sp³-hybridized carbons (Fsp3) is 0.556.